The maximum absolute atomic E-state index is 12.4. The van der Waals surface area contributed by atoms with Gasteiger partial charge in [-0.1, -0.05) is 23.1 Å². The minimum absolute atomic E-state index is 0.00957. The van der Waals surface area contributed by atoms with E-state index in [-0.39, 0.29) is 10.8 Å². The number of aryl methyl sites for hydroxylation is 2. The molecule has 0 radical (unpaired) electrons. The molecule has 0 spiro atoms. The second kappa shape index (κ2) is 6.81. The lowest BCUT2D eigenvalue weighted by Gasteiger charge is -2.08. The maximum atomic E-state index is 12.4. The summed E-state index contributed by atoms with van der Waals surface area (Å²) in [5.41, 5.74) is 0.952. The standard InChI is InChI=1S/C15H19N5OS3/c1-6(2)16-14-19-20-15(24-14)23-9(5)11-17-12(21)10-7(3)8(4)22-13(10)18-11/h6,9H,1-5H3,(H,16,19)(H,17,18,21)/t9-/m0/s1. The summed E-state index contributed by atoms with van der Waals surface area (Å²) in [6.07, 6.45) is 0. The minimum Gasteiger partial charge on any atom is -0.358 e. The Morgan fingerprint density at radius 1 is 1.17 bits per heavy atom. The van der Waals surface area contributed by atoms with Crippen LogP contribution in [0, 0.1) is 13.8 Å². The molecule has 0 aliphatic carbocycles. The molecule has 0 aliphatic heterocycles. The van der Waals surface area contributed by atoms with E-state index in [0.717, 1.165) is 24.7 Å². The Kier molecular flexibility index (Phi) is 4.93. The molecule has 24 heavy (non-hydrogen) atoms. The van der Waals surface area contributed by atoms with E-state index in [4.69, 9.17) is 0 Å². The highest BCUT2D eigenvalue weighted by atomic mass is 32.2. The van der Waals surface area contributed by atoms with Gasteiger partial charge in [0.2, 0.25) is 5.13 Å². The largest absolute Gasteiger partial charge is 0.358 e. The number of thioether (sulfide) groups is 1. The fraction of sp³-hybridized carbons (Fsp3) is 0.467. The van der Waals surface area contributed by atoms with Crippen LogP contribution in [0.3, 0.4) is 0 Å². The van der Waals surface area contributed by atoms with Gasteiger partial charge in [0.05, 0.1) is 10.6 Å². The first-order valence-electron chi connectivity index (χ1n) is 7.61. The number of aromatic nitrogens is 4. The third kappa shape index (κ3) is 3.47. The zero-order valence-electron chi connectivity index (χ0n) is 14.1. The fourth-order valence-electron chi connectivity index (χ4n) is 2.23. The van der Waals surface area contributed by atoms with Gasteiger partial charge in [0, 0.05) is 10.9 Å². The van der Waals surface area contributed by atoms with Crippen LogP contribution in [-0.4, -0.2) is 26.2 Å². The summed E-state index contributed by atoms with van der Waals surface area (Å²) in [5, 5.41) is 13.1. The molecule has 0 unspecified atom stereocenters. The maximum Gasteiger partial charge on any atom is 0.259 e. The first-order chi connectivity index (χ1) is 11.3. The predicted molar refractivity (Wildman–Crippen MR) is 103 cm³/mol. The number of rotatable bonds is 5. The van der Waals surface area contributed by atoms with E-state index in [1.54, 1.807) is 23.1 Å². The predicted octanol–water partition coefficient (Wildman–Crippen LogP) is 4.13. The summed E-state index contributed by atoms with van der Waals surface area (Å²) in [4.78, 5) is 21.9. The van der Waals surface area contributed by atoms with Crippen molar-refractivity contribution in [1.82, 2.24) is 20.2 Å². The van der Waals surface area contributed by atoms with Crippen LogP contribution in [0.1, 0.15) is 42.3 Å². The Morgan fingerprint density at radius 3 is 2.62 bits per heavy atom. The molecule has 0 saturated carbocycles. The first-order valence-corrected chi connectivity index (χ1v) is 10.1. The average Bonchev–Trinajstić information content (AvgIpc) is 3.03. The molecule has 0 aromatic carbocycles. The number of thiophene rings is 1. The highest BCUT2D eigenvalue weighted by Gasteiger charge is 2.18. The van der Waals surface area contributed by atoms with Crippen molar-refractivity contribution in [3.05, 3.63) is 26.6 Å². The number of anilines is 1. The summed E-state index contributed by atoms with van der Waals surface area (Å²) < 4.78 is 0.854. The third-order valence-corrected chi connectivity index (χ3v) is 6.69. The van der Waals surface area contributed by atoms with Crippen molar-refractivity contribution in [2.75, 3.05) is 5.32 Å². The van der Waals surface area contributed by atoms with Crippen LogP contribution < -0.4 is 10.9 Å². The van der Waals surface area contributed by atoms with E-state index in [1.165, 1.54) is 11.3 Å². The third-order valence-electron chi connectivity index (χ3n) is 3.54. The highest BCUT2D eigenvalue weighted by Crippen LogP contribution is 2.36. The second-order valence-electron chi connectivity index (χ2n) is 5.85. The van der Waals surface area contributed by atoms with Gasteiger partial charge in [-0.05, 0) is 40.2 Å². The van der Waals surface area contributed by atoms with Gasteiger partial charge in [0.15, 0.2) is 4.34 Å². The summed E-state index contributed by atoms with van der Waals surface area (Å²) >= 11 is 4.63. The van der Waals surface area contributed by atoms with Gasteiger partial charge in [0.25, 0.3) is 5.56 Å². The van der Waals surface area contributed by atoms with E-state index < -0.39 is 0 Å². The number of hydrogen-bond acceptors (Lipinski definition) is 8. The minimum atomic E-state index is -0.0660. The average molecular weight is 382 g/mol. The number of fused-ring (bicyclic) bond motifs is 1. The van der Waals surface area contributed by atoms with Crippen molar-refractivity contribution in [2.24, 2.45) is 0 Å². The Balaban J connectivity index is 1.85. The Morgan fingerprint density at radius 2 is 1.92 bits per heavy atom. The van der Waals surface area contributed by atoms with E-state index >= 15 is 0 Å². The fourth-order valence-corrected chi connectivity index (χ4v) is 5.37. The van der Waals surface area contributed by atoms with Crippen LogP contribution in [0.25, 0.3) is 10.2 Å². The molecule has 6 nitrogen and oxygen atoms in total. The Labute approximate surface area is 152 Å². The summed E-state index contributed by atoms with van der Waals surface area (Å²) in [6, 6.07) is 0.318. The van der Waals surface area contributed by atoms with E-state index in [9.17, 15) is 4.79 Å². The van der Waals surface area contributed by atoms with Crippen LogP contribution >= 0.6 is 34.4 Å². The molecule has 0 bridgehead atoms. The molecule has 1 atom stereocenters. The molecule has 3 rings (SSSR count). The molecule has 9 heteroatoms. The van der Waals surface area contributed by atoms with Crippen molar-refractivity contribution >= 4 is 49.8 Å². The number of nitrogens with zero attached hydrogens (tertiary/aromatic N) is 3. The monoisotopic (exact) mass is 381 g/mol. The number of aromatic amines is 1. The van der Waals surface area contributed by atoms with Crippen molar-refractivity contribution in [1.29, 1.82) is 0 Å². The van der Waals surface area contributed by atoms with Crippen molar-refractivity contribution < 1.29 is 0 Å². The highest BCUT2D eigenvalue weighted by molar-refractivity contribution is 8.01. The van der Waals surface area contributed by atoms with Crippen LogP contribution in [0.5, 0.6) is 0 Å². The van der Waals surface area contributed by atoms with Crippen LogP contribution in [0.4, 0.5) is 5.13 Å². The summed E-state index contributed by atoms with van der Waals surface area (Å²) in [6.45, 7) is 10.1. The molecule has 0 amide bonds. The first kappa shape index (κ1) is 17.4. The molecular weight excluding hydrogens is 362 g/mol. The molecule has 2 N–H and O–H groups in total. The molecule has 0 fully saturated rings. The lowest BCUT2D eigenvalue weighted by atomic mass is 10.2. The molecule has 3 heterocycles. The van der Waals surface area contributed by atoms with Gasteiger partial charge in [-0.2, -0.15) is 0 Å². The van der Waals surface area contributed by atoms with Gasteiger partial charge >= 0.3 is 0 Å². The number of hydrogen-bond donors (Lipinski definition) is 2. The van der Waals surface area contributed by atoms with Gasteiger partial charge in [0.1, 0.15) is 10.7 Å². The number of nitrogens with one attached hydrogen (secondary N) is 2. The quantitative estimate of drug-likeness (QED) is 0.647. The van der Waals surface area contributed by atoms with Crippen molar-refractivity contribution in [2.45, 2.75) is 50.3 Å². The zero-order valence-corrected chi connectivity index (χ0v) is 16.6. The van der Waals surface area contributed by atoms with Crippen LogP contribution in [0.2, 0.25) is 0 Å². The summed E-state index contributed by atoms with van der Waals surface area (Å²) in [5.74, 6) is 0.673. The van der Waals surface area contributed by atoms with Gasteiger partial charge < -0.3 is 10.3 Å². The molecule has 128 valence electrons. The van der Waals surface area contributed by atoms with Crippen molar-refractivity contribution in [3.63, 3.8) is 0 Å². The molecule has 0 saturated heterocycles. The van der Waals surface area contributed by atoms with Crippen LogP contribution in [-0.2, 0) is 0 Å². The van der Waals surface area contributed by atoms with Crippen molar-refractivity contribution in [3.8, 4) is 0 Å². The lowest BCUT2D eigenvalue weighted by molar-refractivity contribution is 0.882. The second-order valence-corrected chi connectivity index (χ2v) is 9.62. The molecular formula is C15H19N5OS3. The topological polar surface area (TPSA) is 83.6 Å². The van der Waals surface area contributed by atoms with Gasteiger partial charge in [-0.15, -0.1) is 21.5 Å². The smallest absolute Gasteiger partial charge is 0.259 e. The summed E-state index contributed by atoms with van der Waals surface area (Å²) in [7, 11) is 0. The Hall–Kier alpha value is -1.45. The zero-order chi connectivity index (χ0) is 17.4. The van der Waals surface area contributed by atoms with Gasteiger partial charge in [-0.3, -0.25) is 4.79 Å². The molecule has 3 aromatic rings. The molecule has 3 aromatic heterocycles. The Bertz CT molecular complexity index is 927. The van der Waals surface area contributed by atoms with E-state index in [2.05, 4.69) is 39.3 Å². The van der Waals surface area contributed by atoms with E-state index in [0.29, 0.717) is 17.3 Å². The molecule has 0 aliphatic rings. The normalized spacial score (nSPS) is 12.9. The SMILES string of the molecule is Cc1sc2nc([C@H](C)Sc3nnc(NC(C)C)s3)[nH]c(=O)c2c1C. The number of H-pyrrole nitrogens is 1. The lowest BCUT2D eigenvalue weighted by Crippen LogP contribution is -2.12. The van der Waals surface area contributed by atoms with Gasteiger partial charge in [-0.25, -0.2) is 4.98 Å². The van der Waals surface area contributed by atoms with Crippen LogP contribution in [0.15, 0.2) is 9.13 Å². The van der Waals surface area contributed by atoms with E-state index in [1.807, 2.05) is 20.8 Å².